The van der Waals surface area contributed by atoms with Gasteiger partial charge in [0.25, 0.3) is 0 Å². The van der Waals surface area contributed by atoms with Crippen LogP contribution in [0.3, 0.4) is 0 Å². The quantitative estimate of drug-likeness (QED) is 0.284. The Hall–Kier alpha value is -2.82. The van der Waals surface area contributed by atoms with Crippen LogP contribution in [0.1, 0.15) is 11.1 Å². The van der Waals surface area contributed by atoms with Crippen molar-refractivity contribution in [1.82, 2.24) is 0 Å². The number of rotatable bonds is 2. The molecule has 98 valence electrons. The van der Waals surface area contributed by atoms with E-state index in [0.717, 1.165) is 11.1 Å². The first-order valence-corrected chi connectivity index (χ1v) is 5.57. The fraction of sp³-hybridized carbons (Fsp3) is 0. The summed E-state index contributed by atoms with van der Waals surface area (Å²) in [6, 6.07) is 18.3. The molecule has 0 unspecified atom stereocenters. The van der Waals surface area contributed by atoms with Crippen molar-refractivity contribution >= 4 is 11.7 Å². The molecule has 0 heterocycles. The molecule has 0 saturated heterocycles. The number of amidine groups is 2. The minimum absolute atomic E-state index is 0.121. The molecule has 0 saturated carbocycles. The molecule has 0 aliphatic carbocycles. The maximum absolute atomic E-state index is 8.25. The van der Waals surface area contributed by atoms with Crippen LogP contribution in [0.15, 0.2) is 65.8 Å². The maximum atomic E-state index is 8.25. The number of hydrogen-bond donors (Lipinski definition) is 4. The van der Waals surface area contributed by atoms with Crippen LogP contribution in [-0.2, 0) is 0 Å². The molecule has 0 spiro atoms. The van der Waals surface area contributed by atoms with Crippen molar-refractivity contribution in [1.29, 1.82) is 5.41 Å². The summed E-state index contributed by atoms with van der Waals surface area (Å²) >= 11 is 0. The summed E-state index contributed by atoms with van der Waals surface area (Å²) < 4.78 is 0. The molecule has 0 aromatic heterocycles. The highest BCUT2D eigenvalue weighted by atomic mass is 16.4. The van der Waals surface area contributed by atoms with E-state index in [2.05, 4.69) is 5.16 Å². The van der Waals surface area contributed by atoms with Crippen molar-refractivity contribution in [2.24, 2.45) is 16.6 Å². The second kappa shape index (κ2) is 7.50. The van der Waals surface area contributed by atoms with Gasteiger partial charge in [0.2, 0.25) is 0 Å². The zero-order valence-corrected chi connectivity index (χ0v) is 10.3. The van der Waals surface area contributed by atoms with E-state index < -0.39 is 0 Å². The lowest BCUT2D eigenvalue weighted by molar-refractivity contribution is 0.318. The average molecular weight is 256 g/mol. The van der Waals surface area contributed by atoms with Gasteiger partial charge in [-0.25, -0.2) is 0 Å². The zero-order valence-electron chi connectivity index (χ0n) is 10.3. The van der Waals surface area contributed by atoms with Gasteiger partial charge >= 0.3 is 0 Å². The van der Waals surface area contributed by atoms with E-state index in [4.69, 9.17) is 22.1 Å². The van der Waals surface area contributed by atoms with Gasteiger partial charge < -0.3 is 16.7 Å². The third kappa shape index (κ3) is 4.91. The molecule has 0 fully saturated rings. The van der Waals surface area contributed by atoms with E-state index in [1.54, 1.807) is 12.1 Å². The monoisotopic (exact) mass is 256 g/mol. The van der Waals surface area contributed by atoms with Crippen molar-refractivity contribution in [2.75, 3.05) is 0 Å². The van der Waals surface area contributed by atoms with E-state index >= 15 is 0 Å². The number of nitrogens with one attached hydrogen (secondary N) is 1. The van der Waals surface area contributed by atoms with Gasteiger partial charge in [-0.2, -0.15) is 0 Å². The molecule has 5 nitrogen and oxygen atoms in total. The average Bonchev–Trinajstić information content (AvgIpc) is 2.49. The molecule has 2 aromatic rings. The highest BCUT2D eigenvalue weighted by molar-refractivity contribution is 5.96. The lowest BCUT2D eigenvalue weighted by Crippen LogP contribution is -2.12. The van der Waals surface area contributed by atoms with Crippen LogP contribution in [0, 0.1) is 5.41 Å². The van der Waals surface area contributed by atoms with Gasteiger partial charge in [-0.1, -0.05) is 65.8 Å². The van der Waals surface area contributed by atoms with Crippen LogP contribution < -0.4 is 11.5 Å². The number of nitrogen functional groups attached to an aromatic ring is 1. The molecular formula is C14H16N4O. The molecule has 19 heavy (non-hydrogen) atoms. The third-order valence-electron chi connectivity index (χ3n) is 2.26. The standard InChI is InChI=1S/C7H8N2O.C7H8N2/c8-7(9-10)6-4-2-1-3-5-6;8-7(9)6-4-2-1-3-5-6/h1-5,10H,(H2,8,9);1-5H,(H3,8,9). The third-order valence-corrected chi connectivity index (χ3v) is 2.26. The van der Waals surface area contributed by atoms with Crippen LogP contribution >= 0.6 is 0 Å². The van der Waals surface area contributed by atoms with Gasteiger partial charge in [0, 0.05) is 11.1 Å². The summed E-state index contributed by atoms with van der Waals surface area (Å²) in [6.45, 7) is 0. The van der Waals surface area contributed by atoms with Gasteiger partial charge in [-0.15, -0.1) is 0 Å². The summed E-state index contributed by atoms with van der Waals surface area (Å²) in [5.74, 6) is 0.260. The zero-order chi connectivity index (χ0) is 14.1. The van der Waals surface area contributed by atoms with Gasteiger partial charge in [-0.3, -0.25) is 5.41 Å². The number of hydrogen-bond acceptors (Lipinski definition) is 3. The van der Waals surface area contributed by atoms with E-state index in [0.29, 0.717) is 0 Å². The Kier molecular flexibility index (Phi) is 5.62. The molecule has 2 rings (SSSR count). The van der Waals surface area contributed by atoms with Crippen molar-refractivity contribution in [3.8, 4) is 0 Å². The van der Waals surface area contributed by atoms with Gasteiger partial charge in [0.15, 0.2) is 5.84 Å². The summed E-state index contributed by atoms with van der Waals surface area (Å²) in [7, 11) is 0. The Labute approximate surface area is 111 Å². The van der Waals surface area contributed by atoms with E-state index in [9.17, 15) is 0 Å². The minimum Gasteiger partial charge on any atom is -0.409 e. The Bertz CT molecular complexity index is 538. The van der Waals surface area contributed by atoms with Crippen molar-refractivity contribution in [3.05, 3.63) is 71.8 Å². The van der Waals surface area contributed by atoms with Crippen LogP contribution in [0.2, 0.25) is 0 Å². The van der Waals surface area contributed by atoms with Gasteiger partial charge in [-0.05, 0) is 0 Å². The van der Waals surface area contributed by atoms with Crippen molar-refractivity contribution in [2.45, 2.75) is 0 Å². The Morgan fingerprint density at radius 2 is 1.26 bits per heavy atom. The first kappa shape index (κ1) is 14.2. The largest absolute Gasteiger partial charge is 0.409 e. The molecule has 0 radical (unpaired) electrons. The summed E-state index contributed by atoms with van der Waals surface area (Å²) in [5.41, 5.74) is 12.0. The summed E-state index contributed by atoms with van der Waals surface area (Å²) in [6.07, 6.45) is 0. The highest BCUT2D eigenvalue weighted by Crippen LogP contribution is 1.96. The van der Waals surface area contributed by atoms with Crippen LogP contribution in [0.25, 0.3) is 0 Å². The van der Waals surface area contributed by atoms with Crippen molar-refractivity contribution in [3.63, 3.8) is 0 Å². The molecular weight excluding hydrogens is 240 g/mol. The lowest BCUT2D eigenvalue weighted by atomic mass is 10.2. The molecule has 0 bridgehead atoms. The maximum Gasteiger partial charge on any atom is 0.170 e. The molecule has 2 aromatic carbocycles. The van der Waals surface area contributed by atoms with Gasteiger partial charge in [0.1, 0.15) is 5.84 Å². The van der Waals surface area contributed by atoms with E-state index in [1.807, 2.05) is 48.5 Å². The second-order valence-corrected chi connectivity index (χ2v) is 3.63. The number of oxime groups is 1. The van der Waals surface area contributed by atoms with Crippen LogP contribution in [-0.4, -0.2) is 16.9 Å². The second-order valence-electron chi connectivity index (χ2n) is 3.63. The normalized spacial score (nSPS) is 10.2. The Morgan fingerprint density at radius 3 is 1.58 bits per heavy atom. The molecule has 0 aliphatic heterocycles. The fourth-order valence-corrected chi connectivity index (χ4v) is 1.28. The smallest absolute Gasteiger partial charge is 0.170 e. The highest BCUT2D eigenvalue weighted by Gasteiger charge is 1.93. The Balaban J connectivity index is 0.000000191. The molecule has 6 N–H and O–H groups in total. The molecule has 0 amide bonds. The van der Waals surface area contributed by atoms with E-state index in [1.165, 1.54) is 0 Å². The first-order valence-electron chi connectivity index (χ1n) is 5.57. The summed E-state index contributed by atoms with van der Waals surface area (Å²) in [5, 5.41) is 18.1. The predicted molar refractivity (Wildman–Crippen MR) is 76.4 cm³/mol. The first-order chi connectivity index (χ1) is 9.15. The number of nitrogens with zero attached hydrogens (tertiary/aromatic N) is 1. The van der Waals surface area contributed by atoms with Gasteiger partial charge in [0.05, 0.1) is 0 Å². The van der Waals surface area contributed by atoms with Crippen LogP contribution in [0.5, 0.6) is 0 Å². The number of benzene rings is 2. The molecule has 0 atom stereocenters. The molecule has 5 heteroatoms. The topological polar surface area (TPSA) is 108 Å². The number of nitrogens with two attached hydrogens (primary N) is 2. The minimum atomic E-state index is 0.121. The molecule has 0 aliphatic rings. The Morgan fingerprint density at radius 1 is 0.842 bits per heavy atom. The van der Waals surface area contributed by atoms with E-state index in [-0.39, 0.29) is 11.7 Å². The lowest BCUT2D eigenvalue weighted by Gasteiger charge is -1.94. The summed E-state index contributed by atoms with van der Waals surface area (Å²) in [4.78, 5) is 0. The predicted octanol–water partition coefficient (Wildman–Crippen LogP) is 1.75. The fourth-order valence-electron chi connectivity index (χ4n) is 1.28. The SMILES string of the molecule is N=C(N)c1ccccc1.NC(=NO)c1ccccc1. The van der Waals surface area contributed by atoms with Crippen molar-refractivity contribution < 1.29 is 5.21 Å². The van der Waals surface area contributed by atoms with Crippen LogP contribution in [0.4, 0.5) is 0 Å².